The third kappa shape index (κ3) is 3.69. The van der Waals surface area contributed by atoms with Gasteiger partial charge in [0.05, 0.1) is 37.2 Å². The van der Waals surface area contributed by atoms with Crippen molar-refractivity contribution in [3.05, 3.63) is 42.4 Å². The van der Waals surface area contributed by atoms with Gasteiger partial charge in [0.15, 0.2) is 5.65 Å². The van der Waals surface area contributed by atoms with Gasteiger partial charge < -0.3 is 9.64 Å². The highest BCUT2D eigenvalue weighted by Gasteiger charge is 2.13. The van der Waals surface area contributed by atoms with Crippen molar-refractivity contribution in [3.63, 3.8) is 0 Å². The Kier molecular flexibility index (Phi) is 5.09. The number of nitriles is 1. The zero-order valence-electron chi connectivity index (χ0n) is 14.4. The van der Waals surface area contributed by atoms with Gasteiger partial charge in [-0.2, -0.15) is 10.4 Å². The standard InChI is InChI=1S/C18H20N6O/c1-14-6-3-4-7-16(14)25-11-10-23(2)17-15-12-22-24(9-5-8-19)18(15)21-13-20-17/h3-4,6-7,12-13H,5,9-11H2,1-2H3. The molecular formula is C18H20N6O. The van der Waals surface area contributed by atoms with Crippen LogP contribution in [0.4, 0.5) is 5.82 Å². The summed E-state index contributed by atoms with van der Waals surface area (Å²) in [7, 11) is 1.97. The number of fused-ring (bicyclic) bond motifs is 1. The molecule has 25 heavy (non-hydrogen) atoms. The lowest BCUT2D eigenvalue weighted by molar-refractivity contribution is 0.323. The maximum absolute atomic E-state index is 8.74. The van der Waals surface area contributed by atoms with Gasteiger partial charge in [-0.1, -0.05) is 18.2 Å². The van der Waals surface area contributed by atoms with Crippen LogP contribution < -0.4 is 9.64 Å². The molecule has 2 heterocycles. The fraction of sp³-hybridized carbons (Fsp3) is 0.333. The largest absolute Gasteiger partial charge is 0.491 e. The van der Waals surface area contributed by atoms with Crippen LogP contribution >= 0.6 is 0 Å². The molecule has 0 spiro atoms. The van der Waals surface area contributed by atoms with Crippen LogP contribution in [0.3, 0.4) is 0 Å². The minimum Gasteiger partial charge on any atom is -0.491 e. The van der Waals surface area contributed by atoms with Crippen LogP contribution in [0, 0.1) is 18.3 Å². The van der Waals surface area contributed by atoms with Crippen molar-refractivity contribution in [2.45, 2.75) is 19.9 Å². The summed E-state index contributed by atoms with van der Waals surface area (Å²) in [4.78, 5) is 10.7. The Morgan fingerprint density at radius 3 is 2.92 bits per heavy atom. The van der Waals surface area contributed by atoms with Gasteiger partial charge in [-0.25, -0.2) is 14.6 Å². The molecule has 7 heteroatoms. The van der Waals surface area contributed by atoms with Crippen LogP contribution in [-0.2, 0) is 6.54 Å². The number of para-hydroxylation sites is 1. The summed E-state index contributed by atoms with van der Waals surface area (Å²) in [6, 6.07) is 10.1. The Labute approximate surface area is 146 Å². The Bertz CT molecular complexity index is 898. The maximum Gasteiger partial charge on any atom is 0.163 e. The van der Waals surface area contributed by atoms with Gasteiger partial charge in [0.1, 0.15) is 24.5 Å². The Morgan fingerprint density at radius 1 is 1.28 bits per heavy atom. The lowest BCUT2D eigenvalue weighted by Crippen LogP contribution is -2.25. The quantitative estimate of drug-likeness (QED) is 0.660. The predicted molar refractivity (Wildman–Crippen MR) is 95.5 cm³/mol. The number of aromatic nitrogens is 4. The highest BCUT2D eigenvalue weighted by Crippen LogP contribution is 2.22. The fourth-order valence-corrected chi connectivity index (χ4v) is 2.62. The van der Waals surface area contributed by atoms with Gasteiger partial charge in [0, 0.05) is 7.05 Å². The molecular weight excluding hydrogens is 316 g/mol. The molecule has 0 aliphatic carbocycles. The maximum atomic E-state index is 8.74. The van der Waals surface area contributed by atoms with Gasteiger partial charge in [-0.3, -0.25) is 0 Å². The molecule has 2 aromatic heterocycles. The van der Waals surface area contributed by atoms with E-state index in [4.69, 9.17) is 10.00 Å². The predicted octanol–water partition coefficient (Wildman–Crippen LogP) is 2.56. The first-order chi connectivity index (χ1) is 12.2. The smallest absolute Gasteiger partial charge is 0.163 e. The number of aryl methyl sites for hydroxylation is 2. The normalized spacial score (nSPS) is 10.6. The van der Waals surface area contributed by atoms with Crippen molar-refractivity contribution < 1.29 is 4.74 Å². The summed E-state index contributed by atoms with van der Waals surface area (Å²) in [5, 5.41) is 13.9. The van der Waals surface area contributed by atoms with Gasteiger partial charge in [-0.15, -0.1) is 0 Å². The van der Waals surface area contributed by atoms with Crippen LogP contribution in [-0.4, -0.2) is 39.9 Å². The molecule has 0 bridgehead atoms. The van der Waals surface area contributed by atoms with Crippen molar-refractivity contribution in [3.8, 4) is 11.8 Å². The highest BCUT2D eigenvalue weighted by atomic mass is 16.5. The van der Waals surface area contributed by atoms with Crippen molar-refractivity contribution >= 4 is 16.9 Å². The lowest BCUT2D eigenvalue weighted by atomic mass is 10.2. The summed E-state index contributed by atoms with van der Waals surface area (Å²) in [6.07, 6.45) is 3.68. The first-order valence-corrected chi connectivity index (χ1v) is 8.13. The minimum atomic E-state index is 0.399. The molecule has 0 radical (unpaired) electrons. The highest BCUT2D eigenvalue weighted by molar-refractivity contribution is 5.86. The molecule has 0 aliphatic heterocycles. The molecule has 3 aromatic rings. The van der Waals surface area contributed by atoms with E-state index in [0.717, 1.165) is 28.2 Å². The minimum absolute atomic E-state index is 0.399. The number of nitrogens with zero attached hydrogens (tertiary/aromatic N) is 6. The van der Waals surface area contributed by atoms with E-state index in [1.54, 1.807) is 10.9 Å². The number of hydrogen-bond donors (Lipinski definition) is 0. The zero-order valence-corrected chi connectivity index (χ0v) is 14.4. The number of ether oxygens (including phenoxy) is 1. The first kappa shape index (κ1) is 16.7. The van der Waals surface area contributed by atoms with Crippen LogP contribution in [0.5, 0.6) is 5.75 Å². The number of rotatable bonds is 7. The lowest BCUT2D eigenvalue weighted by Gasteiger charge is -2.19. The molecule has 3 rings (SSSR count). The van der Waals surface area contributed by atoms with E-state index in [1.807, 2.05) is 43.1 Å². The van der Waals surface area contributed by atoms with E-state index in [1.165, 1.54) is 6.33 Å². The number of benzene rings is 1. The molecule has 0 saturated heterocycles. The summed E-state index contributed by atoms with van der Waals surface area (Å²) in [5.74, 6) is 1.70. The van der Waals surface area contributed by atoms with Gasteiger partial charge in [-0.05, 0) is 18.6 Å². The average molecular weight is 336 g/mol. The number of likely N-dealkylation sites (N-methyl/N-ethyl adjacent to an activating group) is 1. The molecule has 0 atom stereocenters. The fourth-order valence-electron chi connectivity index (χ4n) is 2.62. The SMILES string of the molecule is Cc1ccccc1OCCN(C)c1ncnc2c1cnn2CCC#N. The average Bonchev–Trinajstić information content (AvgIpc) is 3.04. The molecule has 0 aliphatic rings. The van der Waals surface area contributed by atoms with Crippen LogP contribution in [0.15, 0.2) is 36.8 Å². The Hall–Kier alpha value is -3.14. The van der Waals surface area contributed by atoms with Gasteiger partial charge in [0.2, 0.25) is 0 Å². The van der Waals surface area contributed by atoms with Crippen LogP contribution in [0.2, 0.25) is 0 Å². The van der Waals surface area contributed by atoms with Crippen molar-refractivity contribution in [1.82, 2.24) is 19.7 Å². The molecule has 0 amide bonds. The Morgan fingerprint density at radius 2 is 2.12 bits per heavy atom. The second kappa shape index (κ2) is 7.62. The topological polar surface area (TPSA) is 79.9 Å². The number of hydrogen-bond acceptors (Lipinski definition) is 6. The van der Waals surface area contributed by atoms with Crippen molar-refractivity contribution in [1.29, 1.82) is 5.26 Å². The summed E-state index contributed by atoms with van der Waals surface area (Å²) < 4.78 is 7.59. The first-order valence-electron chi connectivity index (χ1n) is 8.13. The summed E-state index contributed by atoms with van der Waals surface area (Å²) in [6.45, 7) is 3.79. The second-order valence-corrected chi connectivity index (χ2v) is 5.75. The van der Waals surface area contributed by atoms with Crippen LogP contribution in [0.1, 0.15) is 12.0 Å². The Balaban J connectivity index is 1.70. The molecule has 7 nitrogen and oxygen atoms in total. The summed E-state index contributed by atoms with van der Waals surface area (Å²) in [5.41, 5.74) is 1.86. The second-order valence-electron chi connectivity index (χ2n) is 5.75. The molecule has 0 unspecified atom stereocenters. The van der Waals surface area contributed by atoms with Crippen LogP contribution in [0.25, 0.3) is 11.0 Å². The summed E-state index contributed by atoms with van der Waals surface area (Å²) >= 11 is 0. The third-order valence-electron chi connectivity index (χ3n) is 3.99. The van der Waals surface area contributed by atoms with E-state index < -0.39 is 0 Å². The molecule has 0 N–H and O–H groups in total. The van der Waals surface area contributed by atoms with E-state index >= 15 is 0 Å². The van der Waals surface area contributed by atoms with Crippen molar-refractivity contribution in [2.24, 2.45) is 0 Å². The van der Waals surface area contributed by atoms with Gasteiger partial charge >= 0.3 is 0 Å². The van der Waals surface area contributed by atoms with E-state index in [2.05, 4.69) is 21.1 Å². The molecule has 0 saturated carbocycles. The third-order valence-corrected chi connectivity index (χ3v) is 3.99. The molecule has 128 valence electrons. The monoisotopic (exact) mass is 336 g/mol. The number of anilines is 1. The van der Waals surface area contributed by atoms with E-state index in [0.29, 0.717) is 26.1 Å². The van der Waals surface area contributed by atoms with Crippen molar-refractivity contribution in [2.75, 3.05) is 25.1 Å². The molecule has 1 aromatic carbocycles. The molecule has 0 fully saturated rings. The zero-order chi connectivity index (χ0) is 17.6. The van der Waals surface area contributed by atoms with E-state index in [-0.39, 0.29) is 0 Å². The van der Waals surface area contributed by atoms with E-state index in [9.17, 15) is 0 Å². The van der Waals surface area contributed by atoms with Gasteiger partial charge in [0.25, 0.3) is 0 Å².